The Morgan fingerprint density at radius 2 is 2.42 bits per heavy atom. The van der Waals surface area contributed by atoms with E-state index in [0.29, 0.717) is 36.3 Å². The Morgan fingerprint density at radius 3 is 3.11 bits per heavy atom. The van der Waals surface area contributed by atoms with Crippen LogP contribution in [0.5, 0.6) is 5.75 Å². The molecule has 0 aliphatic carbocycles. The van der Waals surface area contributed by atoms with Crippen molar-refractivity contribution in [2.45, 2.75) is 6.42 Å². The standard InChI is InChI=1S/C12H14FN3O2.ClH/c13-4-8(5-14)7-18-10-3-9-1-2-15-12(17)11(9)16-6-10;/h3-4,6H,1-2,5,7,14H2,(H,15,17);1H. The molecule has 0 atom stereocenters. The Morgan fingerprint density at radius 1 is 1.63 bits per heavy atom. The lowest BCUT2D eigenvalue weighted by atomic mass is 10.1. The van der Waals surface area contributed by atoms with Gasteiger partial charge in [-0.25, -0.2) is 9.37 Å². The minimum atomic E-state index is -0.172. The molecule has 0 radical (unpaired) electrons. The molecule has 1 aliphatic heterocycles. The molecule has 2 rings (SSSR count). The normalized spacial score (nSPS) is 14.2. The molecule has 3 N–H and O–H groups in total. The molecule has 1 aliphatic rings. The van der Waals surface area contributed by atoms with Crippen molar-refractivity contribution in [3.63, 3.8) is 0 Å². The third-order valence-electron chi connectivity index (χ3n) is 2.68. The van der Waals surface area contributed by atoms with Crippen LogP contribution in [0.15, 0.2) is 24.2 Å². The van der Waals surface area contributed by atoms with Crippen molar-refractivity contribution in [2.75, 3.05) is 19.7 Å². The van der Waals surface area contributed by atoms with E-state index in [4.69, 9.17) is 10.5 Å². The number of carbonyl (C=O) groups is 1. The summed E-state index contributed by atoms with van der Waals surface area (Å²) in [5, 5.41) is 2.71. The van der Waals surface area contributed by atoms with Crippen LogP contribution >= 0.6 is 12.4 Å². The molecule has 2 heterocycles. The highest BCUT2D eigenvalue weighted by Crippen LogP contribution is 2.18. The van der Waals surface area contributed by atoms with E-state index < -0.39 is 0 Å². The van der Waals surface area contributed by atoms with Gasteiger partial charge in [0.2, 0.25) is 0 Å². The number of fused-ring (bicyclic) bond motifs is 1. The van der Waals surface area contributed by atoms with Crippen molar-refractivity contribution in [1.29, 1.82) is 0 Å². The van der Waals surface area contributed by atoms with Crippen LogP contribution in [0, 0.1) is 0 Å². The van der Waals surface area contributed by atoms with Gasteiger partial charge in [0.15, 0.2) is 0 Å². The summed E-state index contributed by atoms with van der Waals surface area (Å²) in [6.45, 7) is 0.784. The van der Waals surface area contributed by atoms with Crippen molar-refractivity contribution >= 4 is 18.3 Å². The number of halogens is 2. The predicted molar refractivity (Wildman–Crippen MR) is 71.3 cm³/mol. The van der Waals surface area contributed by atoms with Crippen LogP contribution in [0.1, 0.15) is 16.1 Å². The largest absolute Gasteiger partial charge is 0.487 e. The van der Waals surface area contributed by atoms with E-state index in [1.54, 1.807) is 6.07 Å². The van der Waals surface area contributed by atoms with Crippen LogP contribution < -0.4 is 15.8 Å². The van der Waals surface area contributed by atoms with Gasteiger partial charge in [-0.2, -0.15) is 0 Å². The van der Waals surface area contributed by atoms with Crippen LogP contribution in [0.25, 0.3) is 0 Å². The van der Waals surface area contributed by atoms with E-state index in [1.807, 2.05) is 0 Å². The number of hydrogen-bond donors (Lipinski definition) is 2. The smallest absolute Gasteiger partial charge is 0.270 e. The first-order chi connectivity index (χ1) is 8.74. The highest BCUT2D eigenvalue weighted by atomic mass is 35.5. The van der Waals surface area contributed by atoms with Gasteiger partial charge in [0.25, 0.3) is 5.91 Å². The van der Waals surface area contributed by atoms with Crippen molar-refractivity contribution in [3.05, 3.63) is 35.4 Å². The molecule has 1 aromatic heterocycles. The van der Waals surface area contributed by atoms with E-state index in [1.165, 1.54) is 6.20 Å². The predicted octanol–water partition coefficient (Wildman–Crippen LogP) is 0.980. The van der Waals surface area contributed by atoms with Gasteiger partial charge < -0.3 is 15.8 Å². The molecule has 5 nitrogen and oxygen atoms in total. The Labute approximate surface area is 116 Å². The molecule has 1 amide bonds. The van der Waals surface area contributed by atoms with Crippen molar-refractivity contribution in [2.24, 2.45) is 5.73 Å². The van der Waals surface area contributed by atoms with Gasteiger partial charge >= 0.3 is 0 Å². The first kappa shape index (κ1) is 15.4. The van der Waals surface area contributed by atoms with Crippen molar-refractivity contribution < 1.29 is 13.9 Å². The maximum atomic E-state index is 12.3. The molecule has 104 valence electrons. The minimum Gasteiger partial charge on any atom is -0.487 e. The summed E-state index contributed by atoms with van der Waals surface area (Å²) in [6.07, 6.45) is 2.61. The lowest BCUT2D eigenvalue weighted by Gasteiger charge is -2.16. The molecular formula is C12H15ClFN3O2. The minimum absolute atomic E-state index is 0. The Balaban J connectivity index is 0.00000180. The number of ether oxygens (including phenoxy) is 1. The highest BCUT2D eigenvalue weighted by Gasteiger charge is 2.18. The summed E-state index contributed by atoms with van der Waals surface area (Å²) in [7, 11) is 0. The summed E-state index contributed by atoms with van der Waals surface area (Å²) in [4.78, 5) is 15.5. The maximum Gasteiger partial charge on any atom is 0.270 e. The van der Waals surface area contributed by atoms with E-state index in [0.717, 1.165) is 5.56 Å². The van der Waals surface area contributed by atoms with Gasteiger partial charge in [-0.3, -0.25) is 4.79 Å². The number of pyridine rings is 1. The van der Waals surface area contributed by atoms with Crippen molar-refractivity contribution in [1.82, 2.24) is 10.3 Å². The van der Waals surface area contributed by atoms with Crippen LogP contribution in [0.4, 0.5) is 4.39 Å². The molecule has 0 unspecified atom stereocenters. The van der Waals surface area contributed by atoms with Gasteiger partial charge in [0.05, 0.1) is 12.5 Å². The first-order valence-electron chi connectivity index (χ1n) is 5.62. The van der Waals surface area contributed by atoms with Crippen LogP contribution in [-0.2, 0) is 6.42 Å². The SMILES string of the molecule is Cl.NCC(=CF)COc1cnc2c(c1)CCNC2=O. The molecule has 0 saturated carbocycles. The van der Waals surface area contributed by atoms with Gasteiger partial charge in [0.1, 0.15) is 18.1 Å². The van der Waals surface area contributed by atoms with Crippen LogP contribution in [0.2, 0.25) is 0 Å². The Bertz CT molecular complexity index is 494. The molecule has 7 heteroatoms. The molecule has 0 spiro atoms. The quantitative estimate of drug-likeness (QED) is 0.865. The number of nitrogens with two attached hydrogens (primary N) is 1. The summed E-state index contributed by atoms with van der Waals surface area (Å²) in [6, 6.07) is 1.76. The molecule has 0 aromatic carbocycles. The number of amides is 1. The number of rotatable bonds is 4. The molecule has 0 fully saturated rings. The zero-order chi connectivity index (χ0) is 13.0. The fourth-order valence-corrected chi connectivity index (χ4v) is 1.67. The Kier molecular flexibility index (Phi) is 5.72. The van der Waals surface area contributed by atoms with Crippen molar-refractivity contribution in [3.8, 4) is 5.75 Å². The first-order valence-corrected chi connectivity index (χ1v) is 5.62. The fourth-order valence-electron chi connectivity index (χ4n) is 1.67. The second-order valence-corrected chi connectivity index (χ2v) is 3.94. The van der Waals surface area contributed by atoms with E-state index in [9.17, 15) is 9.18 Å². The summed E-state index contributed by atoms with van der Waals surface area (Å²) < 4.78 is 17.7. The average Bonchev–Trinajstić information content (AvgIpc) is 2.40. The number of hydrogen-bond acceptors (Lipinski definition) is 4. The second-order valence-electron chi connectivity index (χ2n) is 3.94. The third kappa shape index (κ3) is 3.65. The summed E-state index contributed by atoms with van der Waals surface area (Å²) in [5.74, 6) is 0.338. The lowest BCUT2D eigenvalue weighted by molar-refractivity contribution is 0.0940. The highest BCUT2D eigenvalue weighted by molar-refractivity contribution is 5.94. The number of carbonyl (C=O) groups excluding carboxylic acids is 1. The van der Waals surface area contributed by atoms with E-state index in [2.05, 4.69) is 10.3 Å². The van der Waals surface area contributed by atoms with Gasteiger partial charge in [-0.05, 0) is 18.1 Å². The lowest BCUT2D eigenvalue weighted by Crippen LogP contribution is -2.32. The third-order valence-corrected chi connectivity index (χ3v) is 2.68. The summed E-state index contributed by atoms with van der Waals surface area (Å²) in [5.41, 5.74) is 6.95. The molecule has 0 bridgehead atoms. The molecule has 19 heavy (non-hydrogen) atoms. The molecular weight excluding hydrogens is 273 g/mol. The van der Waals surface area contributed by atoms with Crippen LogP contribution in [0.3, 0.4) is 0 Å². The fraction of sp³-hybridized carbons (Fsp3) is 0.333. The number of aromatic nitrogens is 1. The number of nitrogens with zero attached hydrogens (tertiary/aromatic N) is 1. The summed E-state index contributed by atoms with van der Waals surface area (Å²) >= 11 is 0. The topological polar surface area (TPSA) is 77.2 Å². The van der Waals surface area contributed by atoms with Gasteiger partial charge in [-0.15, -0.1) is 12.4 Å². The zero-order valence-electron chi connectivity index (χ0n) is 10.2. The second kappa shape index (κ2) is 7.06. The van der Waals surface area contributed by atoms with E-state index >= 15 is 0 Å². The number of nitrogens with one attached hydrogen (secondary N) is 1. The van der Waals surface area contributed by atoms with E-state index in [-0.39, 0.29) is 31.5 Å². The monoisotopic (exact) mass is 287 g/mol. The Hall–Kier alpha value is -1.66. The van der Waals surface area contributed by atoms with Gasteiger partial charge in [-0.1, -0.05) is 0 Å². The average molecular weight is 288 g/mol. The maximum absolute atomic E-state index is 12.3. The molecule has 0 saturated heterocycles. The van der Waals surface area contributed by atoms with Crippen LogP contribution in [-0.4, -0.2) is 30.6 Å². The molecule has 1 aromatic rings. The zero-order valence-corrected chi connectivity index (χ0v) is 11.0. The van der Waals surface area contributed by atoms with Gasteiger partial charge in [0, 0.05) is 18.7 Å².